The van der Waals surface area contributed by atoms with Gasteiger partial charge in [-0.05, 0) is 30.4 Å². The molecule has 1 N–H and O–H groups in total. The Morgan fingerprint density at radius 1 is 1.53 bits per heavy atom. The second-order valence-electron chi connectivity index (χ2n) is 3.83. The molecule has 0 saturated carbocycles. The van der Waals surface area contributed by atoms with E-state index in [4.69, 9.17) is 0 Å². The number of nitrogens with zero attached hydrogens (tertiary/aromatic N) is 2. The van der Waals surface area contributed by atoms with Gasteiger partial charge in [-0.15, -0.1) is 0 Å². The van der Waals surface area contributed by atoms with E-state index in [0.29, 0.717) is 6.04 Å². The fraction of sp³-hybridized carbons (Fsp3) is 0.636. The highest BCUT2D eigenvalue weighted by molar-refractivity contribution is 7.99. The zero-order chi connectivity index (χ0) is 10.5. The second kappa shape index (κ2) is 5.47. The fourth-order valence-corrected chi connectivity index (χ4v) is 3.36. The first-order valence-electron chi connectivity index (χ1n) is 5.48. The maximum Gasteiger partial charge on any atom is 0.115 e. The van der Waals surface area contributed by atoms with Crippen molar-refractivity contribution in [1.29, 1.82) is 0 Å². The predicted octanol–water partition coefficient (Wildman–Crippen LogP) is 1.88. The van der Waals surface area contributed by atoms with Crippen molar-refractivity contribution in [1.82, 2.24) is 15.3 Å². The van der Waals surface area contributed by atoms with E-state index in [1.54, 1.807) is 6.33 Å². The van der Waals surface area contributed by atoms with E-state index in [1.165, 1.54) is 23.5 Å². The summed E-state index contributed by atoms with van der Waals surface area (Å²) < 4.78 is 0. The lowest BCUT2D eigenvalue weighted by molar-refractivity contribution is 0.399. The summed E-state index contributed by atoms with van der Waals surface area (Å²) in [6, 6.07) is 0.436. The third kappa shape index (κ3) is 2.69. The van der Waals surface area contributed by atoms with Gasteiger partial charge in [0.1, 0.15) is 6.33 Å². The molecule has 0 bridgehead atoms. The lowest BCUT2D eigenvalue weighted by Gasteiger charge is -2.23. The molecule has 82 valence electrons. The van der Waals surface area contributed by atoms with Crippen molar-refractivity contribution < 1.29 is 0 Å². The second-order valence-corrected chi connectivity index (χ2v) is 4.98. The van der Waals surface area contributed by atoms with Crippen molar-refractivity contribution in [3.05, 3.63) is 24.3 Å². The summed E-state index contributed by atoms with van der Waals surface area (Å²) in [4.78, 5) is 8.20. The SMILES string of the molecule is CCNC(c1cncnc1)C1CCSC1. The molecule has 1 aliphatic rings. The number of hydrogen-bond donors (Lipinski definition) is 1. The summed E-state index contributed by atoms with van der Waals surface area (Å²) in [5.74, 6) is 3.29. The fourth-order valence-electron chi connectivity index (χ4n) is 2.06. The first-order chi connectivity index (χ1) is 7.42. The number of rotatable bonds is 4. The van der Waals surface area contributed by atoms with E-state index in [2.05, 4.69) is 34.0 Å². The smallest absolute Gasteiger partial charge is 0.115 e. The first kappa shape index (κ1) is 10.9. The molecule has 2 atom stereocenters. The Morgan fingerprint density at radius 3 is 2.93 bits per heavy atom. The zero-order valence-electron chi connectivity index (χ0n) is 9.02. The molecular formula is C11H17N3S. The maximum absolute atomic E-state index is 4.10. The van der Waals surface area contributed by atoms with Gasteiger partial charge in [-0.3, -0.25) is 0 Å². The van der Waals surface area contributed by atoms with E-state index in [-0.39, 0.29) is 0 Å². The molecule has 4 heteroatoms. The molecule has 3 nitrogen and oxygen atoms in total. The summed E-state index contributed by atoms with van der Waals surface area (Å²) >= 11 is 2.05. The molecule has 1 aromatic heterocycles. The topological polar surface area (TPSA) is 37.8 Å². The molecule has 2 rings (SSSR count). The summed E-state index contributed by atoms with van der Waals surface area (Å²) in [6.45, 7) is 3.15. The predicted molar refractivity (Wildman–Crippen MR) is 63.9 cm³/mol. The van der Waals surface area contributed by atoms with Gasteiger partial charge >= 0.3 is 0 Å². The van der Waals surface area contributed by atoms with Crippen molar-refractivity contribution >= 4 is 11.8 Å². The van der Waals surface area contributed by atoms with Crippen LogP contribution in [0.5, 0.6) is 0 Å². The highest BCUT2D eigenvalue weighted by Gasteiger charge is 2.26. The molecule has 0 amide bonds. The minimum absolute atomic E-state index is 0.436. The van der Waals surface area contributed by atoms with Crippen molar-refractivity contribution in [3.63, 3.8) is 0 Å². The molecular weight excluding hydrogens is 206 g/mol. The zero-order valence-corrected chi connectivity index (χ0v) is 9.83. The standard InChI is InChI=1S/C11H17N3S/c1-2-14-11(9-3-4-15-7-9)10-5-12-8-13-6-10/h5-6,8-9,11,14H,2-4,7H2,1H3. The minimum atomic E-state index is 0.436. The molecule has 2 heterocycles. The van der Waals surface area contributed by atoms with Crippen LogP contribution in [0.3, 0.4) is 0 Å². The van der Waals surface area contributed by atoms with Crippen LogP contribution in [0.25, 0.3) is 0 Å². The average Bonchev–Trinajstić information content (AvgIpc) is 2.80. The summed E-state index contributed by atoms with van der Waals surface area (Å²) in [5.41, 5.74) is 1.23. The number of thioether (sulfide) groups is 1. The highest BCUT2D eigenvalue weighted by atomic mass is 32.2. The molecule has 1 saturated heterocycles. The molecule has 1 aliphatic heterocycles. The molecule has 2 unspecified atom stereocenters. The Morgan fingerprint density at radius 2 is 2.33 bits per heavy atom. The first-order valence-corrected chi connectivity index (χ1v) is 6.63. The Hall–Kier alpha value is -0.610. The normalized spacial score (nSPS) is 22.9. The quantitative estimate of drug-likeness (QED) is 0.846. The van der Waals surface area contributed by atoms with E-state index in [0.717, 1.165) is 12.5 Å². The van der Waals surface area contributed by atoms with Crippen LogP contribution in [-0.2, 0) is 0 Å². The van der Waals surface area contributed by atoms with Crippen LogP contribution in [0.1, 0.15) is 24.9 Å². The van der Waals surface area contributed by atoms with Crippen LogP contribution in [-0.4, -0.2) is 28.0 Å². The Labute approximate surface area is 95.1 Å². The van der Waals surface area contributed by atoms with Crippen LogP contribution in [0, 0.1) is 5.92 Å². The van der Waals surface area contributed by atoms with Crippen LogP contribution < -0.4 is 5.32 Å². The lowest BCUT2D eigenvalue weighted by atomic mass is 9.94. The number of hydrogen-bond acceptors (Lipinski definition) is 4. The van der Waals surface area contributed by atoms with Crippen LogP contribution >= 0.6 is 11.8 Å². The van der Waals surface area contributed by atoms with Gasteiger partial charge in [-0.25, -0.2) is 9.97 Å². The molecule has 0 aromatic carbocycles. The van der Waals surface area contributed by atoms with E-state index >= 15 is 0 Å². The summed E-state index contributed by atoms with van der Waals surface area (Å²) in [6.07, 6.45) is 6.76. The van der Waals surface area contributed by atoms with Crippen molar-refractivity contribution in [2.24, 2.45) is 5.92 Å². The van der Waals surface area contributed by atoms with Gasteiger partial charge in [0.2, 0.25) is 0 Å². The van der Waals surface area contributed by atoms with E-state index < -0.39 is 0 Å². The third-order valence-electron chi connectivity index (χ3n) is 2.80. The molecule has 1 fully saturated rings. The van der Waals surface area contributed by atoms with Crippen molar-refractivity contribution in [2.75, 3.05) is 18.1 Å². The van der Waals surface area contributed by atoms with Crippen LogP contribution in [0.15, 0.2) is 18.7 Å². The molecule has 0 aliphatic carbocycles. The van der Waals surface area contributed by atoms with Gasteiger partial charge in [0, 0.05) is 24.0 Å². The molecule has 1 aromatic rings. The van der Waals surface area contributed by atoms with Gasteiger partial charge in [0.15, 0.2) is 0 Å². The van der Waals surface area contributed by atoms with Crippen LogP contribution in [0.2, 0.25) is 0 Å². The summed E-state index contributed by atoms with van der Waals surface area (Å²) in [7, 11) is 0. The van der Waals surface area contributed by atoms with E-state index in [1.807, 2.05) is 12.4 Å². The van der Waals surface area contributed by atoms with E-state index in [9.17, 15) is 0 Å². The average molecular weight is 223 g/mol. The monoisotopic (exact) mass is 223 g/mol. The van der Waals surface area contributed by atoms with Gasteiger partial charge in [-0.2, -0.15) is 11.8 Å². The minimum Gasteiger partial charge on any atom is -0.310 e. The highest BCUT2D eigenvalue weighted by Crippen LogP contribution is 2.33. The maximum atomic E-state index is 4.10. The Kier molecular flexibility index (Phi) is 3.97. The van der Waals surface area contributed by atoms with Gasteiger partial charge < -0.3 is 5.32 Å². The Bertz CT molecular complexity index is 285. The lowest BCUT2D eigenvalue weighted by Crippen LogP contribution is -2.28. The molecule has 0 radical (unpaired) electrons. The van der Waals surface area contributed by atoms with Crippen LogP contribution in [0.4, 0.5) is 0 Å². The number of aromatic nitrogens is 2. The van der Waals surface area contributed by atoms with Gasteiger partial charge in [0.05, 0.1) is 0 Å². The largest absolute Gasteiger partial charge is 0.310 e. The van der Waals surface area contributed by atoms with Gasteiger partial charge in [0.25, 0.3) is 0 Å². The number of nitrogens with one attached hydrogen (secondary N) is 1. The summed E-state index contributed by atoms with van der Waals surface area (Å²) in [5, 5.41) is 3.55. The van der Waals surface area contributed by atoms with Gasteiger partial charge in [-0.1, -0.05) is 6.92 Å². The van der Waals surface area contributed by atoms with Crippen molar-refractivity contribution in [2.45, 2.75) is 19.4 Å². The molecule has 0 spiro atoms. The third-order valence-corrected chi connectivity index (χ3v) is 3.99. The Balaban J connectivity index is 2.11. The molecule has 15 heavy (non-hydrogen) atoms. The van der Waals surface area contributed by atoms with Crippen molar-refractivity contribution in [3.8, 4) is 0 Å².